The van der Waals surface area contributed by atoms with Gasteiger partial charge < -0.3 is 14.2 Å². The highest BCUT2D eigenvalue weighted by atomic mass is 19.3. The summed E-state index contributed by atoms with van der Waals surface area (Å²) in [6, 6.07) is 12.8. The Bertz CT molecular complexity index is 748. The smallest absolute Gasteiger partial charge is 0.340 e. The van der Waals surface area contributed by atoms with Crippen molar-refractivity contribution in [1.82, 2.24) is 0 Å². The van der Waals surface area contributed by atoms with E-state index in [2.05, 4.69) is 4.74 Å². The molecule has 27 heavy (non-hydrogen) atoms. The van der Waals surface area contributed by atoms with Gasteiger partial charge in [-0.05, 0) is 48.9 Å². The first kappa shape index (κ1) is 20.5. The lowest BCUT2D eigenvalue weighted by molar-refractivity contribution is -0.155. The highest BCUT2D eigenvalue weighted by molar-refractivity contribution is 5.89. The summed E-state index contributed by atoms with van der Waals surface area (Å²) < 4.78 is 65.0. The number of benzene rings is 2. The van der Waals surface area contributed by atoms with Crippen LogP contribution in [0, 0.1) is 0 Å². The Labute approximate surface area is 153 Å². The number of halogens is 4. The van der Waals surface area contributed by atoms with Crippen LogP contribution < -0.4 is 9.47 Å². The molecule has 2 rings (SSSR count). The predicted molar refractivity (Wildman–Crippen MR) is 89.6 cm³/mol. The minimum absolute atomic E-state index is 0.0344. The largest absolute Gasteiger partial charge is 0.494 e. The van der Waals surface area contributed by atoms with Crippen molar-refractivity contribution in [2.45, 2.75) is 25.9 Å². The van der Waals surface area contributed by atoms with Crippen LogP contribution in [-0.2, 0) is 11.3 Å². The van der Waals surface area contributed by atoms with Crippen LogP contribution in [0.2, 0.25) is 0 Å². The van der Waals surface area contributed by atoms with E-state index >= 15 is 0 Å². The fourth-order valence-electron chi connectivity index (χ4n) is 2.06. The number of esters is 1. The fourth-order valence-corrected chi connectivity index (χ4v) is 2.06. The van der Waals surface area contributed by atoms with Gasteiger partial charge in [-0.2, -0.15) is 8.78 Å². The normalized spacial score (nSPS) is 11.3. The van der Waals surface area contributed by atoms with Gasteiger partial charge in [-0.25, -0.2) is 13.6 Å². The van der Waals surface area contributed by atoms with Crippen molar-refractivity contribution in [2.24, 2.45) is 0 Å². The minimum atomic E-state index is -4.38. The molecule has 4 nitrogen and oxygen atoms in total. The topological polar surface area (TPSA) is 44.8 Å². The molecule has 0 aliphatic heterocycles. The first-order chi connectivity index (χ1) is 12.8. The molecule has 0 saturated carbocycles. The monoisotopic (exact) mass is 386 g/mol. The fraction of sp³-hybridized carbons (Fsp3) is 0.316. The second-order valence-corrected chi connectivity index (χ2v) is 5.53. The van der Waals surface area contributed by atoms with Crippen LogP contribution in [0.25, 0.3) is 0 Å². The molecule has 0 aliphatic rings. The van der Waals surface area contributed by atoms with E-state index in [1.54, 1.807) is 30.3 Å². The van der Waals surface area contributed by atoms with E-state index in [1.807, 2.05) is 6.92 Å². The lowest BCUT2D eigenvalue weighted by Gasteiger charge is -2.15. The molecule has 0 fully saturated rings. The quantitative estimate of drug-likeness (QED) is 0.462. The second-order valence-electron chi connectivity index (χ2n) is 5.53. The van der Waals surface area contributed by atoms with Gasteiger partial charge in [0.1, 0.15) is 18.1 Å². The van der Waals surface area contributed by atoms with Crippen LogP contribution in [0.15, 0.2) is 48.5 Å². The predicted octanol–water partition coefficient (Wildman–Crippen LogP) is 4.72. The summed E-state index contributed by atoms with van der Waals surface area (Å²) in [4.78, 5) is 11.8. The molecule has 0 saturated heterocycles. The Morgan fingerprint density at radius 3 is 2.26 bits per heavy atom. The average molecular weight is 386 g/mol. The highest BCUT2D eigenvalue weighted by Gasteiger charge is 2.42. The maximum atomic E-state index is 12.8. The van der Waals surface area contributed by atoms with Crippen LogP contribution in [0.1, 0.15) is 22.8 Å². The van der Waals surface area contributed by atoms with E-state index < -0.39 is 24.9 Å². The third kappa shape index (κ3) is 6.16. The van der Waals surface area contributed by atoms with Crippen molar-refractivity contribution in [3.05, 3.63) is 59.7 Å². The first-order valence-electron chi connectivity index (χ1n) is 8.09. The molecule has 0 spiro atoms. The molecular formula is C19H18F4O4. The molecule has 2 aromatic rings. The van der Waals surface area contributed by atoms with E-state index in [9.17, 15) is 22.4 Å². The molecule has 0 bridgehead atoms. The molecule has 0 atom stereocenters. The molecule has 0 aliphatic carbocycles. The third-order valence-corrected chi connectivity index (χ3v) is 3.42. The van der Waals surface area contributed by atoms with E-state index in [4.69, 9.17) is 9.47 Å². The molecule has 0 heterocycles. The summed E-state index contributed by atoms with van der Waals surface area (Å²) in [5.41, 5.74) is 0.548. The number of rotatable bonds is 9. The molecular weight excluding hydrogens is 368 g/mol. The van der Waals surface area contributed by atoms with Crippen LogP contribution >= 0.6 is 0 Å². The summed E-state index contributed by atoms with van der Waals surface area (Å²) in [7, 11) is 0. The molecule has 0 radical (unpaired) electrons. The standard InChI is InChI=1S/C19H18F4O4/c1-2-25-15-6-8-16(9-7-15)26-11-13-4-3-5-14(10-13)17(24)27-12-19(22,23)18(20)21/h3-10,18H,2,11-12H2,1H3. The second kappa shape index (κ2) is 9.25. The van der Waals surface area contributed by atoms with Crippen molar-refractivity contribution in [2.75, 3.05) is 13.2 Å². The number of hydrogen-bond acceptors (Lipinski definition) is 4. The molecule has 0 N–H and O–H groups in total. The van der Waals surface area contributed by atoms with Gasteiger partial charge in [-0.15, -0.1) is 0 Å². The summed E-state index contributed by atoms with van der Waals surface area (Å²) in [5.74, 6) is -4.22. The van der Waals surface area contributed by atoms with Crippen molar-refractivity contribution < 1.29 is 36.6 Å². The first-order valence-corrected chi connectivity index (χ1v) is 8.09. The number of ether oxygens (including phenoxy) is 3. The molecule has 0 amide bonds. The van der Waals surface area contributed by atoms with Crippen molar-refractivity contribution in [3.63, 3.8) is 0 Å². The van der Waals surface area contributed by atoms with Gasteiger partial charge in [0.2, 0.25) is 0 Å². The van der Waals surface area contributed by atoms with Crippen LogP contribution in [0.4, 0.5) is 17.6 Å². The number of carbonyl (C=O) groups excluding carboxylic acids is 1. The number of carbonyl (C=O) groups is 1. The molecule has 0 unspecified atom stereocenters. The maximum Gasteiger partial charge on any atom is 0.340 e. The zero-order valence-electron chi connectivity index (χ0n) is 14.5. The zero-order valence-corrected chi connectivity index (χ0v) is 14.5. The summed E-state index contributed by atoms with van der Waals surface area (Å²) >= 11 is 0. The Kier molecular flexibility index (Phi) is 7.04. The van der Waals surface area contributed by atoms with Crippen LogP contribution in [0.3, 0.4) is 0 Å². The maximum absolute atomic E-state index is 12.8. The van der Waals surface area contributed by atoms with Crippen LogP contribution in [0.5, 0.6) is 11.5 Å². The van der Waals surface area contributed by atoms with E-state index in [-0.39, 0.29) is 12.2 Å². The zero-order chi connectivity index (χ0) is 19.9. The Morgan fingerprint density at radius 1 is 1.04 bits per heavy atom. The van der Waals surface area contributed by atoms with E-state index in [0.717, 1.165) is 0 Å². The Hall–Kier alpha value is -2.77. The van der Waals surface area contributed by atoms with Crippen LogP contribution in [-0.4, -0.2) is 31.5 Å². The van der Waals surface area contributed by atoms with Crippen molar-refractivity contribution in [1.29, 1.82) is 0 Å². The number of hydrogen-bond donors (Lipinski definition) is 0. The summed E-state index contributed by atoms with van der Waals surface area (Å²) in [5, 5.41) is 0. The van der Waals surface area contributed by atoms with Gasteiger partial charge in [0.05, 0.1) is 12.2 Å². The Balaban J connectivity index is 1.93. The van der Waals surface area contributed by atoms with Gasteiger partial charge in [0.15, 0.2) is 6.61 Å². The Morgan fingerprint density at radius 2 is 1.67 bits per heavy atom. The summed E-state index contributed by atoms with van der Waals surface area (Å²) in [6.45, 7) is 0.849. The van der Waals surface area contributed by atoms with Gasteiger partial charge >= 0.3 is 18.3 Å². The van der Waals surface area contributed by atoms with E-state index in [0.29, 0.717) is 23.7 Å². The van der Waals surface area contributed by atoms with Gasteiger partial charge in [0, 0.05) is 0 Å². The summed E-state index contributed by atoms with van der Waals surface area (Å²) in [6.07, 6.45) is -3.90. The lowest BCUT2D eigenvalue weighted by atomic mass is 10.1. The number of alkyl halides is 4. The van der Waals surface area contributed by atoms with Crippen molar-refractivity contribution in [3.8, 4) is 11.5 Å². The van der Waals surface area contributed by atoms with Gasteiger partial charge in [0.25, 0.3) is 0 Å². The van der Waals surface area contributed by atoms with Gasteiger partial charge in [-0.1, -0.05) is 12.1 Å². The molecule has 8 heteroatoms. The van der Waals surface area contributed by atoms with E-state index in [1.165, 1.54) is 18.2 Å². The minimum Gasteiger partial charge on any atom is -0.494 e. The molecule has 0 aromatic heterocycles. The lowest BCUT2D eigenvalue weighted by Crippen LogP contribution is -2.33. The molecule has 146 valence electrons. The van der Waals surface area contributed by atoms with Gasteiger partial charge in [-0.3, -0.25) is 0 Å². The average Bonchev–Trinajstić information content (AvgIpc) is 2.66. The SMILES string of the molecule is CCOc1ccc(OCc2cccc(C(=O)OCC(F)(F)C(F)F)c2)cc1. The molecule has 2 aromatic carbocycles. The highest BCUT2D eigenvalue weighted by Crippen LogP contribution is 2.23. The van der Waals surface area contributed by atoms with Crippen molar-refractivity contribution >= 4 is 5.97 Å². The third-order valence-electron chi connectivity index (χ3n) is 3.42.